The summed E-state index contributed by atoms with van der Waals surface area (Å²) in [5.74, 6) is 2.40. The topological polar surface area (TPSA) is 18.5 Å². The van der Waals surface area contributed by atoms with Crippen molar-refractivity contribution in [3.63, 3.8) is 0 Å². The van der Waals surface area contributed by atoms with E-state index in [0.717, 1.165) is 17.1 Å². The van der Waals surface area contributed by atoms with Crippen molar-refractivity contribution in [1.82, 2.24) is 0 Å². The molecule has 0 aromatic heterocycles. The number of benzene rings is 2. The van der Waals surface area contributed by atoms with Gasteiger partial charge in [-0.15, -0.1) is 0 Å². The molecule has 2 aromatic carbocycles. The zero-order chi connectivity index (χ0) is 14.6. The first-order valence-electron chi connectivity index (χ1n) is 6.89. The van der Waals surface area contributed by atoms with Gasteiger partial charge in [-0.25, -0.2) is 0 Å². The minimum absolute atomic E-state index is 0.581. The Bertz CT molecular complexity index is 454. The van der Waals surface area contributed by atoms with Crippen LogP contribution in [0.4, 0.5) is 0 Å². The van der Waals surface area contributed by atoms with Gasteiger partial charge < -0.3 is 9.47 Å². The van der Waals surface area contributed by atoms with Crippen molar-refractivity contribution in [3.8, 4) is 11.5 Å². The van der Waals surface area contributed by atoms with Crippen molar-refractivity contribution in [2.45, 2.75) is 20.5 Å². The van der Waals surface area contributed by atoms with Crippen molar-refractivity contribution < 1.29 is 9.47 Å². The molecule has 0 N–H and O–H groups in total. The van der Waals surface area contributed by atoms with Crippen molar-refractivity contribution in [3.05, 3.63) is 60.2 Å². The molecule has 0 amide bonds. The largest absolute Gasteiger partial charge is 0.493 e. The molecule has 2 nitrogen and oxygen atoms in total. The highest BCUT2D eigenvalue weighted by molar-refractivity contribution is 7.80. The molecule has 0 fully saturated rings. The molecule has 0 radical (unpaired) electrons. The number of rotatable bonds is 6. The molecule has 20 heavy (non-hydrogen) atoms. The third-order valence-corrected chi connectivity index (χ3v) is 2.61. The summed E-state index contributed by atoms with van der Waals surface area (Å²) in [6, 6.07) is 17.7. The second kappa shape index (κ2) is 10.2. The fourth-order valence-electron chi connectivity index (χ4n) is 1.54. The highest BCUT2D eigenvalue weighted by Crippen LogP contribution is 2.18. The molecule has 0 aliphatic carbocycles. The standard InChI is InChI=1S/C15H16O2S.C2H6/c18-11-10-16-14-6-8-15(9-7-14)17-12-13-4-2-1-3-5-13;1-2/h1-9,18H,10-12H2;1-2H3. The monoisotopic (exact) mass is 290 g/mol. The maximum atomic E-state index is 5.68. The van der Waals surface area contributed by atoms with Crippen LogP contribution >= 0.6 is 12.6 Å². The van der Waals surface area contributed by atoms with E-state index in [2.05, 4.69) is 12.6 Å². The lowest BCUT2D eigenvalue weighted by Gasteiger charge is -2.08. The van der Waals surface area contributed by atoms with Crippen molar-refractivity contribution in [1.29, 1.82) is 0 Å². The van der Waals surface area contributed by atoms with Gasteiger partial charge in [0.05, 0.1) is 6.61 Å². The summed E-state index contributed by atoms with van der Waals surface area (Å²) in [6.07, 6.45) is 0. The Labute approximate surface area is 127 Å². The third kappa shape index (κ3) is 6.02. The molecule has 3 heteroatoms. The zero-order valence-electron chi connectivity index (χ0n) is 12.1. The molecule has 0 saturated carbocycles. The molecule has 0 unspecified atom stereocenters. The van der Waals surface area contributed by atoms with Crippen LogP contribution in [0.15, 0.2) is 54.6 Å². The molecular formula is C17H22O2S. The predicted octanol–water partition coefficient (Wildman–Crippen LogP) is 4.60. The molecular weight excluding hydrogens is 268 g/mol. The van der Waals surface area contributed by atoms with Gasteiger partial charge in [0.15, 0.2) is 0 Å². The summed E-state index contributed by atoms with van der Waals surface area (Å²) < 4.78 is 11.1. The van der Waals surface area contributed by atoms with Gasteiger partial charge in [-0.05, 0) is 29.8 Å². The van der Waals surface area contributed by atoms with Crippen LogP contribution in [0.3, 0.4) is 0 Å². The molecule has 0 aliphatic heterocycles. The lowest BCUT2D eigenvalue weighted by Crippen LogP contribution is -1.98. The molecule has 0 bridgehead atoms. The maximum Gasteiger partial charge on any atom is 0.120 e. The first-order chi connectivity index (χ1) is 9.88. The van der Waals surface area contributed by atoms with E-state index >= 15 is 0 Å². The van der Waals surface area contributed by atoms with Gasteiger partial charge in [0.2, 0.25) is 0 Å². The van der Waals surface area contributed by atoms with E-state index in [1.165, 1.54) is 0 Å². The van der Waals surface area contributed by atoms with Crippen LogP contribution in [-0.4, -0.2) is 12.4 Å². The van der Waals surface area contributed by atoms with Gasteiger partial charge in [0.1, 0.15) is 18.1 Å². The fourth-order valence-corrected chi connectivity index (χ4v) is 1.63. The van der Waals surface area contributed by atoms with Gasteiger partial charge in [-0.2, -0.15) is 12.6 Å². The van der Waals surface area contributed by atoms with Crippen molar-refractivity contribution >= 4 is 12.6 Å². The number of thiol groups is 1. The molecule has 0 atom stereocenters. The molecule has 0 heterocycles. The number of ether oxygens (including phenoxy) is 2. The lowest BCUT2D eigenvalue weighted by molar-refractivity contribution is 0.304. The Morgan fingerprint density at radius 3 is 1.90 bits per heavy atom. The SMILES string of the molecule is CC.SCCOc1ccc(OCc2ccccc2)cc1. The second-order valence-corrected chi connectivity index (χ2v) is 4.26. The minimum atomic E-state index is 0.581. The first-order valence-corrected chi connectivity index (χ1v) is 7.52. The number of hydrogen-bond donors (Lipinski definition) is 1. The average molecular weight is 290 g/mol. The van der Waals surface area contributed by atoms with Crippen LogP contribution in [0.5, 0.6) is 11.5 Å². The van der Waals surface area contributed by atoms with Crippen molar-refractivity contribution in [2.24, 2.45) is 0 Å². The predicted molar refractivity (Wildman–Crippen MR) is 87.9 cm³/mol. The van der Waals surface area contributed by atoms with Crippen LogP contribution < -0.4 is 9.47 Å². The van der Waals surface area contributed by atoms with E-state index in [4.69, 9.17) is 9.47 Å². The Hall–Kier alpha value is -1.61. The van der Waals surface area contributed by atoms with Gasteiger partial charge in [-0.1, -0.05) is 44.2 Å². The Morgan fingerprint density at radius 2 is 1.35 bits per heavy atom. The van der Waals surface area contributed by atoms with Crippen LogP contribution in [-0.2, 0) is 6.61 Å². The molecule has 2 aromatic rings. The summed E-state index contributed by atoms with van der Waals surface area (Å²) in [7, 11) is 0. The van der Waals surface area contributed by atoms with E-state index in [1.807, 2.05) is 68.4 Å². The molecule has 0 spiro atoms. The van der Waals surface area contributed by atoms with Crippen LogP contribution in [0.2, 0.25) is 0 Å². The van der Waals surface area contributed by atoms with E-state index in [1.54, 1.807) is 0 Å². The third-order valence-electron chi connectivity index (χ3n) is 2.43. The quantitative estimate of drug-likeness (QED) is 0.784. The highest BCUT2D eigenvalue weighted by Gasteiger charge is 1.97. The molecule has 0 saturated heterocycles. The molecule has 2 rings (SSSR count). The average Bonchev–Trinajstić information content (AvgIpc) is 2.55. The van der Waals surface area contributed by atoms with Crippen LogP contribution in [0.1, 0.15) is 19.4 Å². The molecule has 0 aliphatic rings. The maximum absolute atomic E-state index is 5.68. The summed E-state index contributed by atoms with van der Waals surface area (Å²) in [5, 5.41) is 0. The van der Waals surface area contributed by atoms with Crippen molar-refractivity contribution in [2.75, 3.05) is 12.4 Å². The van der Waals surface area contributed by atoms with Gasteiger partial charge in [-0.3, -0.25) is 0 Å². The fraction of sp³-hybridized carbons (Fsp3) is 0.294. The smallest absolute Gasteiger partial charge is 0.120 e. The molecule has 108 valence electrons. The number of hydrogen-bond acceptors (Lipinski definition) is 3. The summed E-state index contributed by atoms with van der Waals surface area (Å²) in [6.45, 7) is 5.20. The summed E-state index contributed by atoms with van der Waals surface area (Å²) in [5.41, 5.74) is 1.16. The van der Waals surface area contributed by atoms with Gasteiger partial charge in [0.25, 0.3) is 0 Å². The van der Waals surface area contributed by atoms with E-state index < -0.39 is 0 Å². The Balaban J connectivity index is 0.000000956. The first kappa shape index (κ1) is 16.4. The van der Waals surface area contributed by atoms with E-state index in [-0.39, 0.29) is 0 Å². The lowest BCUT2D eigenvalue weighted by atomic mass is 10.2. The van der Waals surface area contributed by atoms with E-state index in [9.17, 15) is 0 Å². The minimum Gasteiger partial charge on any atom is -0.493 e. The van der Waals surface area contributed by atoms with Gasteiger partial charge in [0, 0.05) is 5.75 Å². The summed E-state index contributed by atoms with van der Waals surface area (Å²) >= 11 is 4.10. The zero-order valence-corrected chi connectivity index (χ0v) is 13.0. The van der Waals surface area contributed by atoms with Crippen LogP contribution in [0, 0.1) is 0 Å². The van der Waals surface area contributed by atoms with Crippen LogP contribution in [0.25, 0.3) is 0 Å². The van der Waals surface area contributed by atoms with E-state index in [0.29, 0.717) is 19.0 Å². The highest BCUT2D eigenvalue weighted by atomic mass is 32.1. The second-order valence-electron chi connectivity index (χ2n) is 3.82. The Kier molecular flexibility index (Phi) is 8.40. The Morgan fingerprint density at radius 1 is 0.800 bits per heavy atom. The van der Waals surface area contributed by atoms with Gasteiger partial charge >= 0.3 is 0 Å². The summed E-state index contributed by atoms with van der Waals surface area (Å²) in [4.78, 5) is 0. The normalized spacial score (nSPS) is 9.35.